The number of nitrogens with zero attached hydrogens (tertiary/aromatic N) is 5. The van der Waals surface area contributed by atoms with Crippen molar-refractivity contribution in [2.75, 3.05) is 19.6 Å². The zero-order valence-corrected chi connectivity index (χ0v) is 11.0. The summed E-state index contributed by atoms with van der Waals surface area (Å²) in [6.07, 6.45) is 7.38. The summed E-state index contributed by atoms with van der Waals surface area (Å²) in [7, 11) is 0. The third-order valence-electron chi connectivity index (χ3n) is 3.37. The maximum absolute atomic E-state index is 5.32. The quantitative estimate of drug-likeness (QED) is 0.814. The maximum Gasteiger partial charge on any atom is 0.232 e. The molecule has 2 aromatic heterocycles. The molecular formula is C13H17N5O. The standard InChI is InChI=1S/C13H17N5O/c1-2-3-6-18-8-10(9-18)13-16-12(17-19-13)11-7-14-4-5-15-11/h4-5,7,10H,2-3,6,8-9H2,1H3. The molecule has 0 amide bonds. The van der Waals surface area contributed by atoms with Crippen LogP contribution >= 0.6 is 0 Å². The molecule has 100 valence electrons. The molecule has 0 N–H and O–H groups in total. The summed E-state index contributed by atoms with van der Waals surface area (Å²) in [6, 6.07) is 0. The summed E-state index contributed by atoms with van der Waals surface area (Å²) in [6.45, 7) is 5.41. The summed E-state index contributed by atoms with van der Waals surface area (Å²) in [5.41, 5.74) is 0.652. The van der Waals surface area contributed by atoms with E-state index in [9.17, 15) is 0 Å². The predicted molar refractivity (Wildman–Crippen MR) is 69.4 cm³/mol. The molecule has 6 nitrogen and oxygen atoms in total. The van der Waals surface area contributed by atoms with E-state index in [-0.39, 0.29) is 0 Å². The second kappa shape index (κ2) is 5.44. The van der Waals surface area contributed by atoms with Gasteiger partial charge in [-0.3, -0.25) is 4.98 Å². The van der Waals surface area contributed by atoms with Crippen LogP contribution < -0.4 is 0 Å². The highest BCUT2D eigenvalue weighted by molar-refractivity contribution is 5.45. The van der Waals surface area contributed by atoms with Gasteiger partial charge in [0.1, 0.15) is 5.69 Å². The SMILES string of the molecule is CCCCN1CC(c2nc(-c3cnccn3)no2)C1. The fraction of sp³-hybridized carbons (Fsp3) is 0.538. The fourth-order valence-corrected chi connectivity index (χ4v) is 2.21. The van der Waals surface area contributed by atoms with Gasteiger partial charge in [-0.2, -0.15) is 4.98 Å². The molecule has 6 heteroatoms. The Labute approximate surface area is 111 Å². The molecule has 0 atom stereocenters. The molecule has 0 unspecified atom stereocenters. The molecule has 0 spiro atoms. The Bertz CT molecular complexity index is 521. The highest BCUT2D eigenvalue weighted by atomic mass is 16.5. The van der Waals surface area contributed by atoms with Crippen LogP contribution in [0.5, 0.6) is 0 Å². The normalized spacial score (nSPS) is 16.5. The Morgan fingerprint density at radius 1 is 1.37 bits per heavy atom. The molecule has 0 aliphatic carbocycles. The van der Waals surface area contributed by atoms with Gasteiger partial charge in [0.05, 0.1) is 12.1 Å². The van der Waals surface area contributed by atoms with Crippen LogP contribution in [0.4, 0.5) is 0 Å². The van der Waals surface area contributed by atoms with Crippen LogP contribution in [0.3, 0.4) is 0 Å². The third-order valence-corrected chi connectivity index (χ3v) is 3.37. The van der Waals surface area contributed by atoms with Gasteiger partial charge in [0.15, 0.2) is 0 Å². The molecule has 1 aliphatic heterocycles. The first-order valence-corrected chi connectivity index (χ1v) is 6.69. The highest BCUT2D eigenvalue weighted by Crippen LogP contribution is 2.27. The van der Waals surface area contributed by atoms with Crippen molar-refractivity contribution in [3.8, 4) is 11.5 Å². The molecular weight excluding hydrogens is 242 g/mol. The first-order chi connectivity index (χ1) is 9.36. The van der Waals surface area contributed by atoms with Gasteiger partial charge in [-0.15, -0.1) is 0 Å². The maximum atomic E-state index is 5.32. The van der Waals surface area contributed by atoms with Crippen molar-refractivity contribution >= 4 is 0 Å². The van der Waals surface area contributed by atoms with Crippen molar-refractivity contribution in [3.63, 3.8) is 0 Å². The Morgan fingerprint density at radius 3 is 3.00 bits per heavy atom. The zero-order valence-electron chi connectivity index (χ0n) is 11.0. The van der Waals surface area contributed by atoms with Crippen LogP contribution in [0.15, 0.2) is 23.1 Å². The van der Waals surface area contributed by atoms with Crippen molar-refractivity contribution in [1.29, 1.82) is 0 Å². The summed E-state index contributed by atoms with van der Waals surface area (Å²) in [5, 5.41) is 3.97. The molecule has 2 aromatic rings. The first-order valence-electron chi connectivity index (χ1n) is 6.69. The predicted octanol–water partition coefficient (Wildman–Crippen LogP) is 1.73. The fourth-order valence-electron chi connectivity index (χ4n) is 2.21. The molecule has 1 fully saturated rings. The lowest BCUT2D eigenvalue weighted by molar-refractivity contribution is 0.123. The first kappa shape index (κ1) is 12.2. The molecule has 0 aromatic carbocycles. The van der Waals surface area contributed by atoms with Gasteiger partial charge < -0.3 is 9.42 Å². The molecule has 1 saturated heterocycles. The minimum atomic E-state index is 0.370. The number of unbranched alkanes of at least 4 members (excludes halogenated alkanes) is 1. The van der Waals surface area contributed by atoms with E-state index in [0.717, 1.165) is 19.6 Å². The van der Waals surface area contributed by atoms with Gasteiger partial charge in [0, 0.05) is 25.5 Å². The zero-order chi connectivity index (χ0) is 13.1. The average Bonchev–Trinajstić information content (AvgIpc) is 2.87. The Morgan fingerprint density at radius 2 is 2.26 bits per heavy atom. The molecule has 19 heavy (non-hydrogen) atoms. The van der Waals surface area contributed by atoms with Crippen LogP contribution in [0.1, 0.15) is 31.6 Å². The smallest absolute Gasteiger partial charge is 0.232 e. The monoisotopic (exact) mass is 259 g/mol. The summed E-state index contributed by atoms with van der Waals surface area (Å²) in [5.74, 6) is 1.61. The molecule has 1 aliphatic rings. The second-order valence-corrected chi connectivity index (χ2v) is 4.86. The lowest BCUT2D eigenvalue weighted by Gasteiger charge is -2.36. The van der Waals surface area contributed by atoms with E-state index in [2.05, 4.69) is 31.9 Å². The minimum absolute atomic E-state index is 0.370. The summed E-state index contributed by atoms with van der Waals surface area (Å²) >= 11 is 0. The van der Waals surface area contributed by atoms with Crippen LogP contribution in [0.25, 0.3) is 11.5 Å². The largest absolute Gasteiger partial charge is 0.339 e. The highest BCUT2D eigenvalue weighted by Gasteiger charge is 2.32. The van der Waals surface area contributed by atoms with Crippen LogP contribution in [0.2, 0.25) is 0 Å². The van der Waals surface area contributed by atoms with E-state index in [1.165, 1.54) is 12.8 Å². The number of rotatable bonds is 5. The van der Waals surface area contributed by atoms with Gasteiger partial charge in [-0.1, -0.05) is 18.5 Å². The second-order valence-electron chi connectivity index (χ2n) is 4.86. The lowest BCUT2D eigenvalue weighted by Crippen LogP contribution is -2.45. The van der Waals surface area contributed by atoms with Gasteiger partial charge >= 0.3 is 0 Å². The number of hydrogen-bond acceptors (Lipinski definition) is 6. The number of hydrogen-bond donors (Lipinski definition) is 0. The van der Waals surface area contributed by atoms with Gasteiger partial charge in [0.2, 0.25) is 11.7 Å². The van der Waals surface area contributed by atoms with Crippen LogP contribution in [0, 0.1) is 0 Å². The van der Waals surface area contributed by atoms with E-state index in [0.29, 0.717) is 23.3 Å². The van der Waals surface area contributed by atoms with E-state index in [4.69, 9.17) is 4.52 Å². The van der Waals surface area contributed by atoms with Crippen molar-refractivity contribution in [2.45, 2.75) is 25.7 Å². The van der Waals surface area contributed by atoms with Crippen molar-refractivity contribution < 1.29 is 4.52 Å². The molecule has 3 rings (SSSR count). The van der Waals surface area contributed by atoms with Crippen molar-refractivity contribution in [2.24, 2.45) is 0 Å². The minimum Gasteiger partial charge on any atom is -0.339 e. The summed E-state index contributed by atoms with van der Waals surface area (Å²) < 4.78 is 5.32. The Kier molecular flexibility index (Phi) is 3.50. The third kappa shape index (κ3) is 2.63. The van der Waals surface area contributed by atoms with Gasteiger partial charge in [0.25, 0.3) is 0 Å². The molecule has 0 saturated carbocycles. The molecule has 0 radical (unpaired) electrons. The van der Waals surface area contributed by atoms with E-state index in [1.54, 1.807) is 18.6 Å². The summed E-state index contributed by atoms with van der Waals surface area (Å²) in [4.78, 5) is 15.0. The van der Waals surface area contributed by atoms with Gasteiger partial charge in [-0.05, 0) is 13.0 Å². The van der Waals surface area contributed by atoms with E-state index >= 15 is 0 Å². The topological polar surface area (TPSA) is 67.9 Å². The van der Waals surface area contributed by atoms with Crippen LogP contribution in [-0.2, 0) is 0 Å². The van der Waals surface area contributed by atoms with Crippen molar-refractivity contribution in [1.82, 2.24) is 25.0 Å². The van der Waals surface area contributed by atoms with Crippen LogP contribution in [-0.4, -0.2) is 44.6 Å². The molecule has 0 bridgehead atoms. The number of likely N-dealkylation sites (tertiary alicyclic amines) is 1. The Hall–Kier alpha value is -1.82. The Balaban J connectivity index is 1.61. The van der Waals surface area contributed by atoms with Gasteiger partial charge in [-0.25, -0.2) is 4.98 Å². The van der Waals surface area contributed by atoms with E-state index < -0.39 is 0 Å². The average molecular weight is 259 g/mol. The molecule has 3 heterocycles. The lowest BCUT2D eigenvalue weighted by atomic mass is 10.00. The van der Waals surface area contributed by atoms with E-state index in [1.807, 2.05) is 0 Å². The number of aromatic nitrogens is 4. The van der Waals surface area contributed by atoms with Crippen molar-refractivity contribution in [3.05, 3.63) is 24.5 Å².